The molecule has 0 radical (unpaired) electrons. The summed E-state index contributed by atoms with van der Waals surface area (Å²) in [7, 11) is 0. The number of esters is 1. The van der Waals surface area contributed by atoms with Crippen LogP contribution in [0.1, 0.15) is 17.4 Å². The predicted octanol–water partition coefficient (Wildman–Crippen LogP) is 2.98. The summed E-state index contributed by atoms with van der Waals surface area (Å²) in [5, 5.41) is -0.180. The summed E-state index contributed by atoms with van der Waals surface area (Å²) in [6.45, 7) is 1.72. The van der Waals surface area contributed by atoms with E-state index in [0.717, 1.165) is 23.0 Å². The highest BCUT2D eigenvalue weighted by atomic mass is 35.5. The monoisotopic (exact) mass is 286 g/mol. The molecule has 0 amide bonds. The zero-order chi connectivity index (χ0) is 14.0. The molecule has 0 aliphatic heterocycles. The van der Waals surface area contributed by atoms with Crippen molar-refractivity contribution in [1.82, 2.24) is 9.55 Å². The highest BCUT2D eigenvalue weighted by Gasteiger charge is 2.23. The van der Waals surface area contributed by atoms with Crippen molar-refractivity contribution in [3.63, 3.8) is 0 Å². The molecule has 0 spiro atoms. The van der Waals surface area contributed by atoms with Crippen molar-refractivity contribution in [2.24, 2.45) is 0 Å². The van der Waals surface area contributed by atoms with Crippen LogP contribution in [0.4, 0.5) is 8.78 Å². The van der Waals surface area contributed by atoms with Crippen molar-refractivity contribution in [2.75, 3.05) is 6.61 Å². The van der Waals surface area contributed by atoms with Gasteiger partial charge in [-0.15, -0.1) is 0 Å². The van der Waals surface area contributed by atoms with E-state index in [0.29, 0.717) is 0 Å². The summed E-state index contributed by atoms with van der Waals surface area (Å²) < 4.78 is 33.1. The molecule has 4 nitrogen and oxygen atoms in total. The molecule has 1 heterocycles. The maximum atomic E-state index is 13.7. The van der Waals surface area contributed by atoms with E-state index in [1.807, 2.05) is 0 Å². The fraction of sp³-hybridized carbons (Fsp3) is 0.167. The van der Waals surface area contributed by atoms with Gasteiger partial charge in [0.25, 0.3) is 0 Å². The molecule has 0 bridgehead atoms. The van der Waals surface area contributed by atoms with Gasteiger partial charge < -0.3 is 4.74 Å². The molecule has 0 atom stereocenters. The third-order valence-corrected chi connectivity index (χ3v) is 2.65. The Labute approximate surface area is 112 Å². The van der Waals surface area contributed by atoms with Gasteiger partial charge in [-0.1, -0.05) is 17.7 Å². The van der Waals surface area contributed by atoms with Crippen molar-refractivity contribution in [3.05, 3.63) is 47.0 Å². The summed E-state index contributed by atoms with van der Waals surface area (Å²) in [4.78, 5) is 15.4. The number of carbonyl (C=O) groups excluding carboxylic acids is 1. The Morgan fingerprint density at radius 1 is 1.42 bits per heavy atom. The van der Waals surface area contributed by atoms with Crippen LogP contribution in [0.2, 0.25) is 5.15 Å². The lowest BCUT2D eigenvalue weighted by molar-refractivity contribution is 0.0517. The summed E-state index contributed by atoms with van der Waals surface area (Å²) in [6, 6.07) is 3.36. The van der Waals surface area contributed by atoms with Crippen LogP contribution in [0, 0.1) is 11.6 Å². The molecule has 100 valence electrons. The SMILES string of the molecule is CCOC(=O)c1c(Cl)ncn1-c1c(F)cccc1F. The highest BCUT2D eigenvalue weighted by Crippen LogP contribution is 2.24. The molecule has 0 saturated heterocycles. The Morgan fingerprint density at radius 2 is 2.05 bits per heavy atom. The van der Waals surface area contributed by atoms with Crippen LogP contribution < -0.4 is 0 Å². The Bertz CT molecular complexity index is 608. The van der Waals surface area contributed by atoms with E-state index in [-0.39, 0.29) is 17.5 Å². The van der Waals surface area contributed by atoms with E-state index in [1.165, 1.54) is 6.07 Å². The molecule has 0 N–H and O–H groups in total. The maximum absolute atomic E-state index is 13.7. The molecule has 1 aromatic carbocycles. The highest BCUT2D eigenvalue weighted by molar-refractivity contribution is 6.32. The molecule has 0 unspecified atom stereocenters. The smallest absolute Gasteiger partial charge is 0.358 e. The number of benzene rings is 1. The first kappa shape index (κ1) is 13.5. The summed E-state index contributed by atoms with van der Waals surface area (Å²) in [6.07, 6.45) is 1.07. The molecule has 19 heavy (non-hydrogen) atoms. The second-order valence-electron chi connectivity index (χ2n) is 3.54. The van der Waals surface area contributed by atoms with Gasteiger partial charge in [-0.3, -0.25) is 4.57 Å². The fourth-order valence-corrected chi connectivity index (χ4v) is 1.81. The van der Waals surface area contributed by atoms with Crippen LogP contribution in [-0.2, 0) is 4.74 Å². The van der Waals surface area contributed by atoms with E-state index < -0.39 is 23.3 Å². The Kier molecular flexibility index (Phi) is 3.80. The van der Waals surface area contributed by atoms with Gasteiger partial charge in [0.2, 0.25) is 0 Å². The van der Waals surface area contributed by atoms with Gasteiger partial charge in [0.1, 0.15) is 23.6 Å². The van der Waals surface area contributed by atoms with E-state index in [1.54, 1.807) is 6.92 Å². The number of rotatable bonds is 3. The van der Waals surface area contributed by atoms with Gasteiger partial charge in [0.05, 0.1) is 6.61 Å². The Hall–Kier alpha value is -1.95. The molecule has 2 rings (SSSR count). The molecular weight excluding hydrogens is 278 g/mol. The fourth-order valence-electron chi connectivity index (χ4n) is 1.60. The number of aromatic nitrogens is 2. The van der Waals surface area contributed by atoms with E-state index in [4.69, 9.17) is 16.3 Å². The zero-order valence-electron chi connectivity index (χ0n) is 9.86. The first-order valence-electron chi connectivity index (χ1n) is 5.40. The van der Waals surface area contributed by atoms with Gasteiger partial charge in [-0.25, -0.2) is 18.6 Å². The third kappa shape index (κ3) is 2.44. The van der Waals surface area contributed by atoms with Crippen molar-refractivity contribution in [2.45, 2.75) is 6.92 Å². The molecular formula is C12H9ClF2N2O2. The number of hydrogen-bond donors (Lipinski definition) is 0. The number of ether oxygens (including phenoxy) is 1. The first-order valence-corrected chi connectivity index (χ1v) is 5.78. The quantitative estimate of drug-likeness (QED) is 0.815. The van der Waals surface area contributed by atoms with Crippen LogP contribution in [0.25, 0.3) is 5.69 Å². The standard InChI is InChI=1S/C12H9ClF2N2O2/c1-2-19-12(18)10-11(13)16-6-17(10)9-7(14)4-3-5-8(9)15/h3-6H,2H2,1H3. The number of hydrogen-bond acceptors (Lipinski definition) is 3. The van der Waals surface area contributed by atoms with Gasteiger partial charge in [-0.05, 0) is 19.1 Å². The summed E-state index contributed by atoms with van der Waals surface area (Å²) in [5.74, 6) is -2.47. The largest absolute Gasteiger partial charge is 0.461 e. The second-order valence-corrected chi connectivity index (χ2v) is 3.90. The minimum absolute atomic E-state index is 0.111. The summed E-state index contributed by atoms with van der Waals surface area (Å²) in [5.41, 5.74) is -0.641. The van der Waals surface area contributed by atoms with Crippen LogP contribution >= 0.6 is 11.6 Å². The molecule has 0 fully saturated rings. The maximum Gasteiger partial charge on any atom is 0.358 e. The topological polar surface area (TPSA) is 44.1 Å². The molecule has 0 saturated carbocycles. The van der Waals surface area contributed by atoms with Crippen LogP contribution in [-0.4, -0.2) is 22.1 Å². The first-order chi connectivity index (χ1) is 9.06. The van der Waals surface area contributed by atoms with Crippen molar-refractivity contribution in [3.8, 4) is 5.69 Å². The van der Waals surface area contributed by atoms with Gasteiger partial charge in [-0.2, -0.15) is 0 Å². The number of nitrogens with zero attached hydrogens (tertiary/aromatic N) is 2. The normalized spacial score (nSPS) is 10.5. The lowest BCUT2D eigenvalue weighted by Crippen LogP contribution is -2.13. The Morgan fingerprint density at radius 3 is 2.63 bits per heavy atom. The van der Waals surface area contributed by atoms with Gasteiger partial charge in [0.15, 0.2) is 10.8 Å². The third-order valence-electron chi connectivity index (χ3n) is 2.37. The number of halogens is 3. The summed E-state index contributed by atoms with van der Waals surface area (Å²) >= 11 is 5.75. The van der Waals surface area contributed by atoms with Crippen molar-refractivity contribution >= 4 is 17.6 Å². The van der Waals surface area contributed by atoms with Gasteiger partial charge >= 0.3 is 5.97 Å². The Balaban J connectivity index is 2.61. The molecule has 1 aromatic heterocycles. The van der Waals surface area contributed by atoms with E-state index in [9.17, 15) is 13.6 Å². The molecule has 0 aliphatic carbocycles. The number of carbonyl (C=O) groups is 1. The van der Waals surface area contributed by atoms with Crippen molar-refractivity contribution in [1.29, 1.82) is 0 Å². The zero-order valence-corrected chi connectivity index (χ0v) is 10.6. The van der Waals surface area contributed by atoms with Crippen LogP contribution in [0.3, 0.4) is 0 Å². The lowest BCUT2D eigenvalue weighted by atomic mass is 10.2. The number of para-hydroxylation sites is 1. The lowest BCUT2D eigenvalue weighted by Gasteiger charge is -2.09. The van der Waals surface area contributed by atoms with E-state index >= 15 is 0 Å². The predicted molar refractivity (Wildman–Crippen MR) is 64.4 cm³/mol. The minimum atomic E-state index is -0.834. The van der Waals surface area contributed by atoms with Crippen molar-refractivity contribution < 1.29 is 18.3 Å². The molecule has 7 heteroatoms. The number of imidazole rings is 1. The second kappa shape index (κ2) is 5.36. The molecule has 2 aromatic rings. The average Bonchev–Trinajstić information content (AvgIpc) is 2.71. The average molecular weight is 287 g/mol. The van der Waals surface area contributed by atoms with Crippen LogP contribution in [0.5, 0.6) is 0 Å². The van der Waals surface area contributed by atoms with Crippen LogP contribution in [0.15, 0.2) is 24.5 Å². The van der Waals surface area contributed by atoms with Gasteiger partial charge in [0, 0.05) is 0 Å². The molecule has 0 aliphatic rings. The van der Waals surface area contributed by atoms with E-state index in [2.05, 4.69) is 4.98 Å². The minimum Gasteiger partial charge on any atom is -0.461 e.